The smallest absolute Gasteiger partial charge is 0.306 e. The second kappa shape index (κ2) is 12.3. The van der Waals surface area contributed by atoms with Crippen molar-refractivity contribution in [1.82, 2.24) is 9.88 Å². The fourth-order valence-electron chi connectivity index (χ4n) is 5.36. The van der Waals surface area contributed by atoms with Crippen LogP contribution in [0.15, 0.2) is 48.7 Å². The molecule has 206 valence electrons. The van der Waals surface area contributed by atoms with Gasteiger partial charge in [0.05, 0.1) is 12.1 Å². The van der Waals surface area contributed by atoms with Gasteiger partial charge in [0.1, 0.15) is 17.7 Å². The molecule has 1 aromatic heterocycles. The average molecular weight is 531 g/mol. The minimum atomic E-state index is -0.794. The summed E-state index contributed by atoms with van der Waals surface area (Å²) in [5.41, 5.74) is 6.62. The van der Waals surface area contributed by atoms with Crippen LogP contribution in [0.2, 0.25) is 0 Å². The van der Waals surface area contributed by atoms with Crippen molar-refractivity contribution in [3.05, 3.63) is 82.4 Å². The van der Waals surface area contributed by atoms with Crippen molar-refractivity contribution in [1.29, 1.82) is 0 Å². The molecule has 1 N–H and O–H groups in total. The standard InChI is InChI=1S/C30H33FN2O3.C3H6/c1-19(30(34)35)13-21-5-6-22-8-10-28(36-29(22)15-21)23-7-9-25(26-14-20(2)32-17-27(26)31)24(16-23)18-33-11-3-4-12-33;1-2-3-1/h5-7,9,14-17,19,28H,3-4,8,10-13,18H2,1-2H3,(H,34,35);1-3H2. The summed E-state index contributed by atoms with van der Waals surface area (Å²) >= 11 is 0. The van der Waals surface area contributed by atoms with E-state index in [1.54, 1.807) is 6.92 Å². The van der Waals surface area contributed by atoms with Crippen molar-refractivity contribution in [2.45, 2.75) is 77.9 Å². The number of likely N-dealkylation sites (tertiary alicyclic amines) is 1. The summed E-state index contributed by atoms with van der Waals surface area (Å²) in [6.45, 7) is 6.52. The quantitative estimate of drug-likeness (QED) is 0.347. The van der Waals surface area contributed by atoms with E-state index in [-0.39, 0.29) is 11.9 Å². The molecule has 6 rings (SSSR count). The first-order chi connectivity index (χ1) is 18.9. The Morgan fingerprint density at radius 2 is 1.85 bits per heavy atom. The number of carbonyl (C=O) groups is 1. The van der Waals surface area contributed by atoms with Gasteiger partial charge in [0.25, 0.3) is 0 Å². The highest BCUT2D eigenvalue weighted by atomic mass is 19.1. The van der Waals surface area contributed by atoms with E-state index >= 15 is 0 Å². The lowest BCUT2D eigenvalue weighted by molar-refractivity contribution is -0.141. The number of carboxylic acid groups (broad SMARTS) is 1. The molecule has 5 nitrogen and oxygen atoms in total. The molecule has 1 saturated heterocycles. The third kappa shape index (κ3) is 7.04. The normalized spacial score (nSPS) is 18.9. The molecule has 2 aromatic carbocycles. The molecular formula is C33H39FN2O3. The van der Waals surface area contributed by atoms with E-state index < -0.39 is 11.9 Å². The number of aliphatic carboxylic acids is 1. The summed E-state index contributed by atoms with van der Waals surface area (Å²) in [7, 11) is 0. The second-order valence-electron chi connectivity index (χ2n) is 11.3. The van der Waals surface area contributed by atoms with Gasteiger partial charge < -0.3 is 9.84 Å². The minimum Gasteiger partial charge on any atom is -0.485 e. The molecule has 0 amide bonds. The third-order valence-corrected chi connectivity index (χ3v) is 7.77. The van der Waals surface area contributed by atoms with E-state index in [2.05, 4.69) is 28.1 Å². The Balaban J connectivity index is 0.000000962. The van der Waals surface area contributed by atoms with Crippen molar-refractivity contribution in [2.75, 3.05) is 13.1 Å². The molecular weight excluding hydrogens is 491 g/mol. The number of hydrogen-bond donors (Lipinski definition) is 1. The van der Waals surface area contributed by atoms with Crippen molar-refractivity contribution < 1.29 is 19.0 Å². The Hall–Kier alpha value is -3.25. The van der Waals surface area contributed by atoms with Crippen LogP contribution in [0.5, 0.6) is 5.75 Å². The van der Waals surface area contributed by atoms with Crippen LogP contribution < -0.4 is 4.74 Å². The fourth-order valence-corrected chi connectivity index (χ4v) is 5.36. The van der Waals surface area contributed by atoms with Crippen molar-refractivity contribution in [2.24, 2.45) is 5.92 Å². The van der Waals surface area contributed by atoms with Gasteiger partial charge in [0, 0.05) is 17.8 Å². The average Bonchev–Trinajstić information content (AvgIpc) is 3.74. The number of rotatable bonds is 7. The molecule has 2 unspecified atom stereocenters. The van der Waals surface area contributed by atoms with Gasteiger partial charge in [-0.1, -0.05) is 56.5 Å². The first kappa shape index (κ1) is 27.3. The lowest BCUT2D eigenvalue weighted by atomic mass is 9.91. The summed E-state index contributed by atoms with van der Waals surface area (Å²) < 4.78 is 21.3. The molecule has 3 aliphatic rings. The number of ether oxygens (including phenoxy) is 1. The summed E-state index contributed by atoms with van der Waals surface area (Å²) in [6.07, 6.45) is 10.3. The molecule has 2 fully saturated rings. The van der Waals surface area contributed by atoms with Crippen LogP contribution in [0.1, 0.15) is 79.5 Å². The fraction of sp³-hybridized carbons (Fsp3) is 0.455. The predicted octanol–water partition coefficient (Wildman–Crippen LogP) is 7.29. The molecule has 0 spiro atoms. The van der Waals surface area contributed by atoms with Gasteiger partial charge in [-0.2, -0.15) is 0 Å². The molecule has 1 saturated carbocycles. The first-order valence-electron chi connectivity index (χ1n) is 14.4. The number of nitrogens with zero attached hydrogens (tertiary/aromatic N) is 2. The Kier molecular flexibility index (Phi) is 8.61. The second-order valence-corrected chi connectivity index (χ2v) is 11.3. The Labute approximate surface area is 231 Å². The van der Waals surface area contributed by atoms with E-state index in [9.17, 15) is 14.3 Å². The van der Waals surface area contributed by atoms with E-state index in [0.29, 0.717) is 12.0 Å². The number of aromatic nitrogens is 1. The molecule has 6 heteroatoms. The molecule has 3 heterocycles. The number of halogens is 1. The largest absolute Gasteiger partial charge is 0.485 e. The molecule has 2 aliphatic heterocycles. The van der Waals surface area contributed by atoms with Crippen molar-refractivity contribution in [3.63, 3.8) is 0 Å². The summed E-state index contributed by atoms with van der Waals surface area (Å²) in [4.78, 5) is 17.8. The third-order valence-electron chi connectivity index (χ3n) is 7.77. The molecule has 2 atom stereocenters. The first-order valence-corrected chi connectivity index (χ1v) is 14.4. The maximum absolute atomic E-state index is 14.8. The highest BCUT2D eigenvalue weighted by Gasteiger charge is 2.24. The number of benzene rings is 2. The highest BCUT2D eigenvalue weighted by Crippen LogP contribution is 2.38. The minimum absolute atomic E-state index is 0.0972. The lowest BCUT2D eigenvalue weighted by Gasteiger charge is -2.28. The van der Waals surface area contributed by atoms with Gasteiger partial charge in [0.2, 0.25) is 0 Å². The number of fused-ring (bicyclic) bond motifs is 1. The van der Waals surface area contributed by atoms with Crippen LogP contribution >= 0.6 is 0 Å². The lowest BCUT2D eigenvalue weighted by Crippen LogP contribution is -2.20. The van der Waals surface area contributed by atoms with Crippen LogP contribution in [0.25, 0.3) is 11.1 Å². The van der Waals surface area contributed by atoms with E-state index in [1.807, 2.05) is 31.2 Å². The molecule has 3 aromatic rings. The van der Waals surface area contributed by atoms with Gasteiger partial charge in [-0.05, 0) is 92.1 Å². The number of pyridine rings is 1. The molecule has 1 aliphatic carbocycles. The van der Waals surface area contributed by atoms with Crippen LogP contribution in [0.4, 0.5) is 4.39 Å². The number of hydrogen-bond acceptors (Lipinski definition) is 4. The van der Waals surface area contributed by atoms with Gasteiger partial charge in [-0.15, -0.1) is 0 Å². The van der Waals surface area contributed by atoms with Crippen LogP contribution in [-0.2, 0) is 24.2 Å². The Bertz CT molecular complexity index is 1310. The van der Waals surface area contributed by atoms with Crippen LogP contribution in [0.3, 0.4) is 0 Å². The van der Waals surface area contributed by atoms with Gasteiger partial charge in [-0.25, -0.2) is 4.39 Å². The molecule has 0 bridgehead atoms. The zero-order valence-electron chi connectivity index (χ0n) is 23.1. The predicted molar refractivity (Wildman–Crippen MR) is 151 cm³/mol. The molecule has 0 radical (unpaired) electrons. The summed E-state index contributed by atoms with van der Waals surface area (Å²) in [6, 6.07) is 14.2. The maximum Gasteiger partial charge on any atom is 0.306 e. The van der Waals surface area contributed by atoms with E-state index in [1.165, 1.54) is 38.3 Å². The van der Waals surface area contributed by atoms with Crippen LogP contribution in [-0.4, -0.2) is 34.0 Å². The topological polar surface area (TPSA) is 62.7 Å². The monoisotopic (exact) mass is 530 g/mol. The SMILES string of the molecule is C1CC1.Cc1cc(-c2ccc(C3CCc4ccc(CC(C)C(=O)O)cc4O3)cc2CN2CCCC2)c(F)cn1. The zero-order chi connectivity index (χ0) is 27.4. The van der Waals surface area contributed by atoms with Gasteiger partial charge in [-0.3, -0.25) is 14.7 Å². The Morgan fingerprint density at radius 1 is 1.08 bits per heavy atom. The van der Waals surface area contributed by atoms with Crippen molar-refractivity contribution >= 4 is 5.97 Å². The van der Waals surface area contributed by atoms with E-state index in [4.69, 9.17) is 4.74 Å². The van der Waals surface area contributed by atoms with E-state index in [0.717, 1.165) is 71.7 Å². The summed E-state index contributed by atoms with van der Waals surface area (Å²) in [5.74, 6) is -0.706. The van der Waals surface area contributed by atoms with Gasteiger partial charge in [0.15, 0.2) is 0 Å². The van der Waals surface area contributed by atoms with Gasteiger partial charge >= 0.3 is 5.97 Å². The highest BCUT2D eigenvalue weighted by molar-refractivity contribution is 5.70. The zero-order valence-corrected chi connectivity index (χ0v) is 23.1. The number of carboxylic acids is 1. The maximum atomic E-state index is 14.8. The Morgan fingerprint density at radius 3 is 2.56 bits per heavy atom. The van der Waals surface area contributed by atoms with Crippen molar-refractivity contribution in [3.8, 4) is 16.9 Å². The number of aryl methyl sites for hydroxylation is 2. The summed E-state index contributed by atoms with van der Waals surface area (Å²) in [5, 5.41) is 9.28. The molecule has 39 heavy (non-hydrogen) atoms. The van der Waals surface area contributed by atoms with Crippen LogP contribution in [0, 0.1) is 18.7 Å².